The van der Waals surface area contributed by atoms with E-state index < -0.39 is 16.6 Å². The first-order chi connectivity index (χ1) is 9.90. The van der Waals surface area contributed by atoms with Crippen LogP contribution >= 0.6 is 0 Å². The number of nitro benzene ring substituents is 1. The molecule has 0 atom stereocenters. The second-order valence-electron chi connectivity index (χ2n) is 4.62. The number of nitro groups is 1. The first-order valence-corrected chi connectivity index (χ1v) is 6.72. The molecule has 1 N–H and O–H groups in total. The fourth-order valence-electron chi connectivity index (χ4n) is 2.00. The number of rotatable bonds is 7. The third-order valence-electron chi connectivity index (χ3n) is 2.90. The van der Waals surface area contributed by atoms with Gasteiger partial charge >= 0.3 is 5.97 Å². The van der Waals surface area contributed by atoms with Crippen LogP contribution in [0.5, 0.6) is 0 Å². The van der Waals surface area contributed by atoms with Crippen LogP contribution in [0.15, 0.2) is 18.2 Å². The van der Waals surface area contributed by atoms with Gasteiger partial charge in [0.2, 0.25) is 0 Å². The minimum absolute atomic E-state index is 0.0310. The lowest BCUT2D eigenvalue weighted by molar-refractivity contribution is -0.384. The van der Waals surface area contributed by atoms with Gasteiger partial charge < -0.3 is 10.0 Å². The molecule has 0 saturated carbocycles. The molecule has 0 aliphatic carbocycles. The molecule has 1 rings (SSSR count). The van der Waals surface area contributed by atoms with Crippen LogP contribution in [0.1, 0.15) is 47.4 Å². The van der Waals surface area contributed by atoms with Crippen molar-refractivity contribution in [3.05, 3.63) is 39.4 Å². The Bertz CT molecular complexity index is 518. The number of hydrogen-bond acceptors (Lipinski definition) is 4. The van der Waals surface area contributed by atoms with Crippen LogP contribution in [-0.2, 0) is 0 Å². The molecule has 1 aromatic rings. The van der Waals surface area contributed by atoms with Gasteiger partial charge in [-0.05, 0) is 18.9 Å². The average molecular weight is 294 g/mol. The maximum atomic E-state index is 12.4. The minimum Gasteiger partial charge on any atom is -0.478 e. The second-order valence-corrected chi connectivity index (χ2v) is 4.62. The van der Waals surface area contributed by atoms with E-state index >= 15 is 0 Å². The molecule has 0 aliphatic heterocycles. The topological polar surface area (TPSA) is 101 Å². The lowest BCUT2D eigenvalue weighted by Crippen LogP contribution is -2.32. The summed E-state index contributed by atoms with van der Waals surface area (Å²) in [6.07, 6.45) is 1.51. The number of carboxylic acids is 1. The molecule has 7 heteroatoms. The zero-order chi connectivity index (χ0) is 16.0. The number of amides is 1. The Labute approximate surface area is 122 Å². The Balaban J connectivity index is 3.23. The monoisotopic (exact) mass is 294 g/mol. The van der Waals surface area contributed by atoms with E-state index in [1.54, 1.807) is 4.90 Å². The number of hydrogen-bond donors (Lipinski definition) is 1. The van der Waals surface area contributed by atoms with Crippen LogP contribution in [-0.4, -0.2) is 39.9 Å². The number of benzene rings is 1. The van der Waals surface area contributed by atoms with Crippen LogP contribution in [0.2, 0.25) is 0 Å². The predicted octanol–water partition coefficient (Wildman–Crippen LogP) is 2.56. The van der Waals surface area contributed by atoms with Crippen molar-refractivity contribution < 1.29 is 19.6 Å². The van der Waals surface area contributed by atoms with Gasteiger partial charge in [-0.1, -0.05) is 13.8 Å². The highest BCUT2D eigenvalue weighted by molar-refractivity contribution is 5.98. The Morgan fingerprint density at radius 3 is 2.10 bits per heavy atom. The molecule has 0 aromatic heterocycles. The summed E-state index contributed by atoms with van der Waals surface area (Å²) in [6.45, 7) is 4.90. The molecule has 0 aliphatic rings. The van der Waals surface area contributed by atoms with E-state index in [-0.39, 0.29) is 17.0 Å². The van der Waals surface area contributed by atoms with Crippen molar-refractivity contribution in [3.8, 4) is 0 Å². The summed E-state index contributed by atoms with van der Waals surface area (Å²) in [5, 5.41) is 19.9. The van der Waals surface area contributed by atoms with Crippen molar-refractivity contribution in [2.45, 2.75) is 26.7 Å². The molecule has 0 unspecified atom stereocenters. The molecule has 0 radical (unpaired) electrons. The molecule has 0 fully saturated rings. The van der Waals surface area contributed by atoms with E-state index in [1.165, 1.54) is 6.07 Å². The van der Waals surface area contributed by atoms with Gasteiger partial charge in [0.15, 0.2) is 0 Å². The maximum absolute atomic E-state index is 12.4. The van der Waals surface area contributed by atoms with Crippen molar-refractivity contribution in [1.29, 1.82) is 0 Å². The molecule has 1 aromatic carbocycles. The molecule has 1 amide bonds. The Morgan fingerprint density at radius 1 is 1.14 bits per heavy atom. The van der Waals surface area contributed by atoms with Crippen molar-refractivity contribution >= 4 is 17.6 Å². The van der Waals surface area contributed by atoms with E-state index in [0.717, 1.165) is 25.0 Å². The van der Waals surface area contributed by atoms with Gasteiger partial charge in [0.05, 0.1) is 10.5 Å². The lowest BCUT2D eigenvalue weighted by atomic mass is 10.1. The van der Waals surface area contributed by atoms with Crippen LogP contribution in [0.25, 0.3) is 0 Å². The highest BCUT2D eigenvalue weighted by atomic mass is 16.6. The summed E-state index contributed by atoms with van der Waals surface area (Å²) < 4.78 is 0. The number of carbonyl (C=O) groups is 2. The summed E-state index contributed by atoms with van der Waals surface area (Å²) in [5.74, 6) is -1.69. The minimum atomic E-state index is -1.30. The third-order valence-corrected chi connectivity index (χ3v) is 2.90. The Morgan fingerprint density at radius 2 is 1.67 bits per heavy atom. The van der Waals surface area contributed by atoms with Crippen molar-refractivity contribution in [1.82, 2.24) is 4.90 Å². The van der Waals surface area contributed by atoms with Crippen molar-refractivity contribution in [2.24, 2.45) is 0 Å². The molecule has 0 spiro atoms. The molecule has 0 saturated heterocycles. The van der Waals surface area contributed by atoms with Gasteiger partial charge in [-0.2, -0.15) is 0 Å². The van der Waals surface area contributed by atoms with Crippen LogP contribution < -0.4 is 0 Å². The van der Waals surface area contributed by atoms with Gasteiger partial charge in [0, 0.05) is 30.8 Å². The van der Waals surface area contributed by atoms with Crippen LogP contribution in [0, 0.1) is 10.1 Å². The Hall–Kier alpha value is -2.44. The highest BCUT2D eigenvalue weighted by Gasteiger charge is 2.20. The number of nitrogens with zero attached hydrogens (tertiary/aromatic N) is 2. The highest BCUT2D eigenvalue weighted by Crippen LogP contribution is 2.19. The Kier molecular flexibility index (Phi) is 5.83. The first-order valence-electron chi connectivity index (χ1n) is 6.72. The molecule has 0 bridgehead atoms. The largest absolute Gasteiger partial charge is 0.478 e. The predicted molar refractivity (Wildman–Crippen MR) is 76.5 cm³/mol. The fraction of sp³-hybridized carbons (Fsp3) is 0.429. The van der Waals surface area contributed by atoms with Gasteiger partial charge in [-0.25, -0.2) is 4.79 Å². The van der Waals surface area contributed by atoms with E-state index in [2.05, 4.69) is 0 Å². The summed E-state index contributed by atoms with van der Waals surface area (Å²) in [6, 6.07) is 3.24. The van der Waals surface area contributed by atoms with Crippen LogP contribution in [0.4, 0.5) is 5.69 Å². The molecular formula is C14H18N2O5. The van der Waals surface area contributed by atoms with Gasteiger partial charge in [0.1, 0.15) is 0 Å². The number of aromatic carboxylic acids is 1. The first kappa shape index (κ1) is 16.6. The quantitative estimate of drug-likeness (QED) is 0.615. The van der Waals surface area contributed by atoms with Gasteiger partial charge in [-0.15, -0.1) is 0 Å². The number of carboxylic acid groups (broad SMARTS) is 1. The summed E-state index contributed by atoms with van der Waals surface area (Å²) in [5.41, 5.74) is -0.629. The zero-order valence-corrected chi connectivity index (χ0v) is 12.0. The molecule has 21 heavy (non-hydrogen) atoms. The average Bonchev–Trinajstić information content (AvgIpc) is 2.45. The lowest BCUT2D eigenvalue weighted by Gasteiger charge is -2.21. The molecular weight excluding hydrogens is 276 g/mol. The SMILES string of the molecule is CCCN(CCC)C(=O)c1cc(C(=O)O)cc([N+](=O)[O-])c1. The fourth-order valence-corrected chi connectivity index (χ4v) is 2.00. The summed E-state index contributed by atoms with van der Waals surface area (Å²) >= 11 is 0. The van der Waals surface area contributed by atoms with E-state index in [0.29, 0.717) is 13.1 Å². The van der Waals surface area contributed by atoms with E-state index in [4.69, 9.17) is 5.11 Å². The van der Waals surface area contributed by atoms with Gasteiger partial charge in [0.25, 0.3) is 11.6 Å². The van der Waals surface area contributed by atoms with E-state index in [9.17, 15) is 19.7 Å². The maximum Gasteiger partial charge on any atom is 0.335 e. The standard InChI is InChI=1S/C14H18N2O5/c1-3-5-15(6-4-2)13(17)10-7-11(14(18)19)9-12(8-10)16(20)21/h7-9H,3-6H2,1-2H3,(H,18,19). The molecule has 114 valence electrons. The molecule has 7 nitrogen and oxygen atoms in total. The third kappa shape index (κ3) is 4.27. The second kappa shape index (κ2) is 7.37. The summed E-state index contributed by atoms with van der Waals surface area (Å²) in [7, 11) is 0. The van der Waals surface area contributed by atoms with Crippen molar-refractivity contribution in [2.75, 3.05) is 13.1 Å². The van der Waals surface area contributed by atoms with Crippen LogP contribution in [0.3, 0.4) is 0 Å². The van der Waals surface area contributed by atoms with Crippen molar-refractivity contribution in [3.63, 3.8) is 0 Å². The summed E-state index contributed by atoms with van der Waals surface area (Å²) in [4.78, 5) is 35.1. The van der Waals surface area contributed by atoms with E-state index in [1.807, 2.05) is 13.8 Å². The molecule has 0 heterocycles. The normalized spacial score (nSPS) is 10.2. The smallest absolute Gasteiger partial charge is 0.335 e. The number of non-ortho nitro benzene ring substituents is 1. The zero-order valence-electron chi connectivity index (χ0n) is 12.0. The number of carbonyl (C=O) groups excluding carboxylic acids is 1. The van der Waals surface area contributed by atoms with Gasteiger partial charge in [-0.3, -0.25) is 14.9 Å².